The third-order valence-corrected chi connectivity index (χ3v) is 4.09. The lowest BCUT2D eigenvalue weighted by atomic mass is 9.79. The molecule has 0 atom stereocenters. The molecule has 1 aromatic carbocycles. The van der Waals surface area contributed by atoms with Gasteiger partial charge in [0.05, 0.1) is 13.2 Å². The van der Waals surface area contributed by atoms with Crippen LogP contribution in [0.2, 0.25) is 0 Å². The van der Waals surface area contributed by atoms with E-state index < -0.39 is 17.4 Å². The smallest absolute Gasteiger partial charge is 0.328 e. The molecule has 4 heteroatoms. The topological polar surface area (TPSA) is 52.6 Å². The lowest BCUT2D eigenvalue weighted by Crippen LogP contribution is -2.41. The maximum atomic E-state index is 12.7. The Hall–Kier alpha value is -2.36. The predicted molar refractivity (Wildman–Crippen MR) is 93.2 cm³/mol. The van der Waals surface area contributed by atoms with Crippen LogP contribution in [0.1, 0.15) is 38.3 Å². The lowest BCUT2D eigenvalue weighted by molar-refractivity contribution is -0.168. The van der Waals surface area contributed by atoms with E-state index in [9.17, 15) is 9.59 Å². The molecule has 1 aliphatic rings. The molecule has 0 spiro atoms. The van der Waals surface area contributed by atoms with Gasteiger partial charge < -0.3 is 9.47 Å². The number of carbonyl (C=O) groups excluding carboxylic acids is 2. The standard InChI is InChI=1S/C20H24O4/c1-5-23-18(21)20(19(22)24-6-2)13-15(4)11-17(20)12-16-9-7-14(3)8-10-16/h7-12H,5-6,13H2,1-4H3/b17-12-. The van der Waals surface area contributed by atoms with Gasteiger partial charge in [0.15, 0.2) is 5.41 Å². The minimum absolute atomic E-state index is 0.219. The van der Waals surface area contributed by atoms with Crippen molar-refractivity contribution in [2.75, 3.05) is 13.2 Å². The van der Waals surface area contributed by atoms with Gasteiger partial charge in [-0.25, -0.2) is 0 Å². The fraction of sp³-hybridized carbons (Fsp3) is 0.400. The number of hydrogen-bond donors (Lipinski definition) is 0. The molecule has 128 valence electrons. The summed E-state index contributed by atoms with van der Waals surface area (Å²) in [5.41, 5.74) is 2.26. The predicted octanol–water partition coefficient (Wildman–Crippen LogP) is 3.84. The van der Waals surface area contributed by atoms with E-state index in [0.29, 0.717) is 12.0 Å². The number of hydrogen-bond acceptors (Lipinski definition) is 4. The number of carbonyl (C=O) groups is 2. The lowest BCUT2D eigenvalue weighted by Gasteiger charge is -2.26. The summed E-state index contributed by atoms with van der Waals surface area (Å²) >= 11 is 0. The first-order chi connectivity index (χ1) is 11.4. The van der Waals surface area contributed by atoms with Crippen molar-refractivity contribution in [3.63, 3.8) is 0 Å². The molecule has 1 aliphatic carbocycles. The van der Waals surface area contributed by atoms with Crippen molar-refractivity contribution in [2.24, 2.45) is 5.41 Å². The van der Waals surface area contributed by atoms with E-state index in [4.69, 9.17) is 9.47 Å². The zero-order valence-electron chi connectivity index (χ0n) is 14.7. The van der Waals surface area contributed by atoms with Crippen molar-refractivity contribution in [1.29, 1.82) is 0 Å². The Balaban J connectivity index is 2.52. The zero-order valence-corrected chi connectivity index (χ0v) is 14.7. The fourth-order valence-electron chi connectivity index (χ4n) is 2.94. The van der Waals surface area contributed by atoms with Crippen molar-refractivity contribution in [2.45, 2.75) is 34.1 Å². The van der Waals surface area contributed by atoms with Crippen LogP contribution in [0.25, 0.3) is 6.08 Å². The average Bonchev–Trinajstić information content (AvgIpc) is 2.87. The molecule has 4 nitrogen and oxygen atoms in total. The SMILES string of the molecule is CCOC(=O)C1(C(=O)OCC)CC(C)=C/C1=C/c1ccc(C)cc1. The molecule has 1 aromatic rings. The van der Waals surface area contributed by atoms with Gasteiger partial charge in [-0.3, -0.25) is 9.59 Å². The molecule has 0 unspecified atom stereocenters. The van der Waals surface area contributed by atoms with Crippen LogP contribution in [0.4, 0.5) is 0 Å². The Morgan fingerprint density at radius 3 is 2.08 bits per heavy atom. The van der Waals surface area contributed by atoms with Crippen LogP contribution in [-0.2, 0) is 19.1 Å². The maximum Gasteiger partial charge on any atom is 0.328 e. The monoisotopic (exact) mass is 328 g/mol. The average molecular weight is 328 g/mol. The molecule has 0 saturated heterocycles. The van der Waals surface area contributed by atoms with Gasteiger partial charge in [0, 0.05) is 0 Å². The van der Waals surface area contributed by atoms with Crippen molar-refractivity contribution < 1.29 is 19.1 Å². The summed E-state index contributed by atoms with van der Waals surface area (Å²) in [6.45, 7) is 7.82. The number of ether oxygens (including phenoxy) is 2. The normalized spacial score (nSPS) is 17.5. The molecule has 2 rings (SSSR count). The van der Waals surface area contributed by atoms with Gasteiger partial charge in [0.2, 0.25) is 0 Å². The molecule has 0 saturated carbocycles. The van der Waals surface area contributed by atoms with Crippen LogP contribution >= 0.6 is 0 Å². The van der Waals surface area contributed by atoms with Gasteiger partial charge in [0.1, 0.15) is 0 Å². The molecular weight excluding hydrogens is 304 g/mol. The first kappa shape index (κ1) is 18.0. The first-order valence-corrected chi connectivity index (χ1v) is 8.24. The highest BCUT2D eigenvalue weighted by Crippen LogP contribution is 2.45. The minimum atomic E-state index is -1.40. The first-order valence-electron chi connectivity index (χ1n) is 8.24. The van der Waals surface area contributed by atoms with Crippen molar-refractivity contribution in [3.8, 4) is 0 Å². The zero-order chi connectivity index (χ0) is 17.7. The molecule has 0 bridgehead atoms. The van der Waals surface area contributed by atoms with E-state index >= 15 is 0 Å². The van der Waals surface area contributed by atoms with Crippen molar-refractivity contribution >= 4 is 18.0 Å². The van der Waals surface area contributed by atoms with Crippen LogP contribution in [0.3, 0.4) is 0 Å². The summed E-state index contributed by atoms with van der Waals surface area (Å²) in [5.74, 6) is -1.09. The summed E-state index contributed by atoms with van der Waals surface area (Å²) in [6.07, 6.45) is 4.04. The maximum absolute atomic E-state index is 12.7. The number of rotatable bonds is 5. The summed E-state index contributed by atoms with van der Waals surface area (Å²) in [7, 11) is 0. The Kier molecular flexibility index (Phi) is 5.60. The Bertz CT molecular complexity index is 662. The largest absolute Gasteiger partial charge is 0.465 e. The van der Waals surface area contributed by atoms with Crippen molar-refractivity contribution in [3.05, 3.63) is 52.6 Å². The highest BCUT2D eigenvalue weighted by atomic mass is 16.6. The second-order valence-corrected chi connectivity index (χ2v) is 6.02. The molecule has 0 heterocycles. The van der Waals surface area contributed by atoms with Gasteiger partial charge in [-0.2, -0.15) is 0 Å². The molecule has 0 N–H and O–H groups in total. The molecular formula is C20H24O4. The van der Waals surface area contributed by atoms with Crippen molar-refractivity contribution in [1.82, 2.24) is 0 Å². The summed E-state index contributed by atoms with van der Waals surface area (Å²) in [5, 5.41) is 0. The molecule has 0 radical (unpaired) electrons. The van der Waals surface area contributed by atoms with E-state index in [1.54, 1.807) is 13.8 Å². The quantitative estimate of drug-likeness (QED) is 0.609. The van der Waals surface area contributed by atoms with Gasteiger partial charge in [-0.15, -0.1) is 0 Å². The highest BCUT2D eigenvalue weighted by molar-refractivity contribution is 6.06. The van der Waals surface area contributed by atoms with E-state index in [-0.39, 0.29) is 13.2 Å². The van der Waals surface area contributed by atoms with E-state index in [0.717, 1.165) is 16.7 Å². The van der Waals surface area contributed by atoms with E-state index in [1.165, 1.54) is 0 Å². The van der Waals surface area contributed by atoms with E-state index in [1.807, 2.05) is 50.3 Å². The molecule has 0 fully saturated rings. The van der Waals surface area contributed by atoms with E-state index in [2.05, 4.69) is 0 Å². The third kappa shape index (κ3) is 3.42. The van der Waals surface area contributed by atoms with Crippen LogP contribution in [0, 0.1) is 12.3 Å². The minimum Gasteiger partial charge on any atom is -0.465 e. The van der Waals surface area contributed by atoms with Gasteiger partial charge >= 0.3 is 11.9 Å². The Morgan fingerprint density at radius 1 is 1.04 bits per heavy atom. The molecule has 0 aliphatic heterocycles. The molecule has 0 aromatic heterocycles. The number of aryl methyl sites for hydroxylation is 1. The number of benzene rings is 1. The second-order valence-electron chi connectivity index (χ2n) is 6.02. The molecule has 24 heavy (non-hydrogen) atoms. The van der Waals surface area contributed by atoms with Crippen LogP contribution < -0.4 is 0 Å². The number of allylic oxidation sites excluding steroid dienone is 2. The van der Waals surface area contributed by atoms with Crippen LogP contribution in [0.15, 0.2) is 41.5 Å². The van der Waals surface area contributed by atoms with Gasteiger partial charge in [-0.05, 0) is 51.3 Å². The second kappa shape index (κ2) is 7.47. The van der Waals surface area contributed by atoms with Crippen LogP contribution in [0.5, 0.6) is 0 Å². The molecule has 0 amide bonds. The van der Waals surface area contributed by atoms with Crippen LogP contribution in [-0.4, -0.2) is 25.2 Å². The summed E-state index contributed by atoms with van der Waals surface area (Å²) < 4.78 is 10.4. The number of esters is 2. The highest BCUT2D eigenvalue weighted by Gasteiger charge is 2.54. The van der Waals surface area contributed by atoms with Gasteiger partial charge in [0.25, 0.3) is 0 Å². The Labute approximate surface area is 143 Å². The summed E-state index contributed by atoms with van der Waals surface area (Å²) in [4.78, 5) is 25.4. The third-order valence-electron chi connectivity index (χ3n) is 4.09. The summed E-state index contributed by atoms with van der Waals surface area (Å²) in [6, 6.07) is 7.92. The Morgan fingerprint density at radius 2 is 1.58 bits per heavy atom. The fourth-order valence-corrected chi connectivity index (χ4v) is 2.94. The van der Waals surface area contributed by atoms with Gasteiger partial charge in [-0.1, -0.05) is 41.5 Å².